The van der Waals surface area contributed by atoms with Crippen LogP contribution in [0.4, 0.5) is 5.69 Å². The summed E-state index contributed by atoms with van der Waals surface area (Å²) in [6.45, 7) is 1.92. The van der Waals surface area contributed by atoms with Crippen molar-refractivity contribution in [3.8, 4) is 0 Å². The molecular weight excluding hydrogens is 359 g/mol. The van der Waals surface area contributed by atoms with Gasteiger partial charge in [-0.1, -0.05) is 60.5 Å². The minimum absolute atomic E-state index is 0.152. The third kappa shape index (κ3) is 6.07. The van der Waals surface area contributed by atoms with Gasteiger partial charge in [0.1, 0.15) is 6.04 Å². The Balaban J connectivity index is 2.14. The maximum Gasteiger partial charge on any atom is 0.247 e. The van der Waals surface area contributed by atoms with E-state index in [2.05, 4.69) is 10.6 Å². The molecule has 0 heterocycles. The Bertz CT molecular complexity index is 735. The Morgan fingerprint density at radius 2 is 1.80 bits per heavy atom. The summed E-state index contributed by atoms with van der Waals surface area (Å²) in [5, 5.41) is 6.39. The van der Waals surface area contributed by atoms with Crippen LogP contribution in [0.5, 0.6) is 0 Å². The summed E-state index contributed by atoms with van der Waals surface area (Å²) >= 11 is 12.0. The van der Waals surface area contributed by atoms with E-state index in [-0.39, 0.29) is 11.8 Å². The van der Waals surface area contributed by atoms with Gasteiger partial charge in [-0.25, -0.2) is 0 Å². The summed E-state index contributed by atoms with van der Waals surface area (Å²) in [5.41, 5.74) is 1.42. The first-order valence-corrected chi connectivity index (χ1v) is 8.84. The number of carbonyl (C=O) groups excluding carboxylic acids is 2. The van der Waals surface area contributed by atoms with Gasteiger partial charge in [-0.05, 0) is 30.2 Å². The SMILES string of the molecule is CCCC(=O)NC(Cc1ccccc1)C(=O)Nc1ccc(Cl)cc1Cl. The predicted octanol–water partition coefficient (Wildman–Crippen LogP) is 4.46. The number of benzene rings is 2. The van der Waals surface area contributed by atoms with Gasteiger partial charge >= 0.3 is 0 Å². The van der Waals surface area contributed by atoms with Crippen LogP contribution in [0.25, 0.3) is 0 Å². The van der Waals surface area contributed by atoms with Crippen LogP contribution in [0.3, 0.4) is 0 Å². The van der Waals surface area contributed by atoms with Crippen LogP contribution in [0, 0.1) is 0 Å². The highest BCUT2D eigenvalue weighted by molar-refractivity contribution is 6.36. The second-order valence-electron chi connectivity index (χ2n) is 5.67. The van der Waals surface area contributed by atoms with E-state index in [1.54, 1.807) is 18.2 Å². The van der Waals surface area contributed by atoms with Crippen molar-refractivity contribution in [3.63, 3.8) is 0 Å². The molecule has 0 aliphatic heterocycles. The van der Waals surface area contributed by atoms with Crippen molar-refractivity contribution in [1.82, 2.24) is 5.32 Å². The topological polar surface area (TPSA) is 58.2 Å². The fourth-order valence-electron chi connectivity index (χ4n) is 2.36. The minimum Gasteiger partial charge on any atom is -0.344 e. The Morgan fingerprint density at radius 1 is 1.08 bits per heavy atom. The molecule has 6 heteroatoms. The Kier molecular flexibility index (Phi) is 7.29. The molecule has 1 atom stereocenters. The fraction of sp³-hybridized carbons (Fsp3) is 0.263. The van der Waals surface area contributed by atoms with Crippen molar-refractivity contribution in [1.29, 1.82) is 0 Å². The predicted molar refractivity (Wildman–Crippen MR) is 102 cm³/mol. The van der Waals surface area contributed by atoms with Gasteiger partial charge < -0.3 is 10.6 Å². The number of amides is 2. The lowest BCUT2D eigenvalue weighted by Gasteiger charge is -2.19. The summed E-state index contributed by atoms with van der Waals surface area (Å²) in [6, 6.07) is 13.7. The Labute approximate surface area is 157 Å². The second-order valence-corrected chi connectivity index (χ2v) is 6.52. The van der Waals surface area contributed by atoms with E-state index in [1.807, 2.05) is 37.3 Å². The summed E-state index contributed by atoms with van der Waals surface area (Å²) in [7, 11) is 0. The zero-order valence-electron chi connectivity index (χ0n) is 13.9. The van der Waals surface area contributed by atoms with Crippen molar-refractivity contribution in [3.05, 3.63) is 64.1 Å². The number of hydrogen-bond acceptors (Lipinski definition) is 2. The molecule has 2 aromatic carbocycles. The van der Waals surface area contributed by atoms with Gasteiger partial charge in [-0.3, -0.25) is 9.59 Å². The Morgan fingerprint density at radius 3 is 2.44 bits per heavy atom. The van der Waals surface area contributed by atoms with Crippen molar-refractivity contribution < 1.29 is 9.59 Å². The lowest BCUT2D eigenvalue weighted by Crippen LogP contribution is -2.45. The van der Waals surface area contributed by atoms with Crippen LogP contribution in [0.1, 0.15) is 25.3 Å². The van der Waals surface area contributed by atoms with Gasteiger partial charge in [-0.2, -0.15) is 0 Å². The number of hydrogen-bond donors (Lipinski definition) is 2. The van der Waals surface area contributed by atoms with Crippen LogP contribution in [0.15, 0.2) is 48.5 Å². The summed E-state index contributed by atoms with van der Waals surface area (Å²) < 4.78 is 0. The molecule has 0 aliphatic carbocycles. The molecule has 2 rings (SSSR count). The first-order chi connectivity index (χ1) is 12.0. The lowest BCUT2D eigenvalue weighted by molar-refractivity contribution is -0.126. The zero-order chi connectivity index (χ0) is 18.2. The Hall–Kier alpha value is -2.04. The van der Waals surface area contributed by atoms with Crippen molar-refractivity contribution >= 4 is 40.7 Å². The first kappa shape index (κ1) is 19.3. The second kappa shape index (κ2) is 9.44. The highest BCUT2D eigenvalue weighted by Crippen LogP contribution is 2.25. The van der Waals surface area contributed by atoms with Gasteiger partial charge in [0.25, 0.3) is 0 Å². The van der Waals surface area contributed by atoms with Gasteiger partial charge in [-0.15, -0.1) is 0 Å². The zero-order valence-corrected chi connectivity index (χ0v) is 15.4. The molecule has 0 fully saturated rings. The molecule has 132 valence electrons. The van der Waals surface area contributed by atoms with E-state index in [1.165, 1.54) is 0 Å². The summed E-state index contributed by atoms with van der Waals surface area (Å²) in [4.78, 5) is 24.7. The molecule has 0 saturated carbocycles. The smallest absolute Gasteiger partial charge is 0.247 e. The van der Waals surface area contributed by atoms with Gasteiger partial charge in [0, 0.05) is 17.9 Å². The van der Waals surface area contributed by atoms with Crippen LogP contribution < -0.4 is 10.6 Å². The summed E-state index contributed by atoms with van der Waals surface area (Å²) in [6.07, 6.45) is 1.49. The molecular formula is C19H20Cl2N2O2. The monoisotopic (exact) mass is 378 g/mol. The molecule has 0 aliphatic rings. The van der Waals surface area contributed by atoms with Crippen molar-refractivity contribution in [2.24, 2.45) is 0 Å². The van der Waals surface area contributed by atoms with E-state index in [9.17, 15) is 9.59 Å². The first-order valence-electron chi connectivity index (χ1n) is 8.08. The minimum atomic E-state index is -0.687. The number of halogens is 2. The number of nitrogens with one attached hydrogen (secondary N) is 2. The molecule has 2 aromatic rings. The number of rotatable bonds is 7. The highest BCUT2D eigenvalue weighted by Gasteiger charge is 2.21. The van der Waals surface area contributed by atoms with E-state index in [0.717, 1.165) is 5.56 Å². The fourth-order valence-corrected chi connectivity index (χ4v) is 2.82. The molecule has 1 unspecified atom stereocenters. The molecule has 2 amide bonds. The van der Waals surface area contributed by atoms with Crippen molar-refractivity contribution in [2.45, 2.75) is 32.2 Å². The third-order valence-corrected chi connectivity index (χ3v) is 4.15. The van der Waals surface area contributed by atoms with Crippen LogP contribution >= 0.6 is 23.2 Å². The quantitative estimate of drug-likeness (QED) is 0.746. The van der Waals surface area contributed by atoms with E-state index >= 15 is 0 Å². The third-order valence-electron chi connectivity index (χ3n) is 3.60. The largest absolute Gasteiger partial charge is 0.344 e. The molecule has 0 radical (unpaired) electrons. The number of anilines is 1. The number of carbonyl (C=O) groups is 2. The molecule has 4 nitrogen and oxygen atoms in total. The van der Waals surface area contributed by atoms with Gasteiger partial charge in [0.2, 0.25) is 11.8 Å². The van der Waals surface area contributed by atoms with Gasteiger partial charge in [0.15, 0.2) is 0 Å². The standard InChI is InChI=1S/C19H20Cl2N2O2/c1-2-6-18(24)22-17(11-13-7-4-3-5-8-13)19(25)23-16-10-9-14(20)12-15(16)21/h3-5,7-10,12,17H,2,6,11H2,1H3,(H,22,24)(H,23,25). The van der Waals surface area contributed by atoms with E-state index in [0.29, 0.717) is 35.0 Å². The molecule has 25 heavy (non-hydrogen) atoms. The maximum atomic E-state index is 12.7. The van der Waals surface area contributed by atoms with Crippen LogP contribution in [0.2, 0.25) is 10.0 Å². The average molecular weight is 379 g/mol. The normalized spacial score (nSPS) is 11.6. The lowest BCUT2D eigenvalue weighted by atomic mass is 10.0. The summed E-state index contributed by atoms with van der Waals surface area (Å²) in [5.74, 6) is -0.474. The molecule has 0 aromatic heterocycles. The van der Waals surface area contributed by atoms with Gasteiger partial charge in [0.05, 0.1) is 10.7 Å². The average Bonchev–Trinajstić information content (AvgIpc) is 2.58. The van der Waals surface area contributed by atoms with E-state index in [4.69, 9.17) is 23.2 Å². The molecule has 0 bridgehead atoms. The van der Waals surface area contributed by atoms with E-state index < -0.39 is 6.04 Å². The van der Waals surface area contributed by atoms with Crippen molar-refractivity contribution in [2.75, 3.05) is 5.32 Å². The van der Waals surface area contributed by atoms with Crippen LogP contribution in [-0.2, 0) is 16.0 Å². The van der Waals surface area contributed by atoms with Crippen LogP contribution in [-0.4, -0.2) is 17.9 Å². The molecule has 0 spiro atoms. The highest BCUT2D eigenvalue weighted by atomic mass is 35.5. The molecule has 0 saturated heterocycles. The maximum absolute atomic E-state index is 12.7. The molecule has 2 N–H and O–H groups in total.